The number of anilines is 3. The standard InChI is InChI=1S/C27H40ClN7O3S/c1-7-12-38-24-14-20(19-8-10-35(6)11-9-19)18(4)13-22(24)33-27-31-15-21(28)26(34-27)32-23(16-30-5)25(29)39(36,37)17(2)3/h13-17,19H,7-12,29H2,1-6H3,(H2,31,32,33,34). The highest BCUT2D eigenvalue weighted by atomic mass is 35.5. The molecule has 0 atom stereocenters. The zero-order valence-electron chi connectivity index (χ0n) is 23.6. The Balaban J connectivity index is 1.96. The van der Waals surface area contributed by atoms with E-state index in [9.17, 15) is 8.42 Å². The van der Waals surface area contributed by atoms with Crippen LogP contribution in [-0.4, -0.2) is 68.5 Å². The van der Waals surface area contributed by atoms with Crippen LogP contribution in [0.15, 0.2) is 34.0 Å². The Labute approximate surface area is 237 Å². The number of halogens is 1. The highest BCUT2D eigenvalue weighted by molar-refractivity contribution is 7.95. The molecule has 1 aromatic carbocycles. The predicted octanol–water partition coefficient (Wildman–Crippen LogP) is 4.84. The first kappa shape index (κ1) is 30.6. The van der Waals surface area contributed by atoms with Crippen molar-refractivity contribution < 1.29 is 13.2 Å². The number of hydrogen-bond donors (Lipinski definition) is 3. The molecule has 1 fully saturated rings. The number of piperidine rings is 1. The summed E-state index contributed by atoms with van der Waals surface area (Å²) < 4.78 is 31.5. The van der Waals surface area contributed by atoms with E-state index < -0.39 is 15.1 Å². The Morgan fingerprint density at radius 3 is 2.64 bits per heavy atom. The Hall–Kier alpha value is -2.89. The number of benzene rings is 1. The first-order valence-corrected chi connectivity index (χ1v) is 15.1. The van der Waals surface area contributed by atoms with Crippen LogP contribution in [0.1, 0.15) is 57.1 Å². The van der Waals surface area contributed by atoms with Gasteiger partial charge in [-0.05, 0) is 89.3 Å². The van der Waals surface area contributed by atoms with Gasteiger partial charge in [0.2, 0.25) is 5.95 Å². The summed E-state index contributed by atoms with van der Waals surface area (Å²) in [5.41, 5.74) is 9.30. The molecule has 0 unspecified atom stereocenters. The van der Waals surface area contributed by atoms with E-state index in [1.807, 2.05) is 0 Å². The van der Waals surface area contributed by atoms with Gasteiger partial charge in [0.25, 0.3) is 0 Å². The molecule has 39 heavy (non-hydrogen) atoms. The number of aryl methyl sites for hydroxylation is 1. The lowest BCUT2D eigenvalue weighted by molar-refractivity contribution is 0.254. The number of aromatic nitrogens is 2. The van der Waals surface area contributed by atoms with Crippen molar-refractivity contribution in [3.8, 4) is 5.75 Å². The van der Waals surface area contributed by atoms with Gasteiger partial charge in [-0.2, -0.15) is 4.98 Å². The Bertz CT molecular complexity index is 1320. The second-order valence-corrected chi connectivity index (χ2v) is 12.9. The Kier molecular flexibility index (Phi) is 10.6. The third kappa shape index (κ3) is 7.61. The molecular formula is C27H40ClN7O3S. The normalized spacial score (nSPS) is 16.0. The molecule has 0 radical (unpaired) electrons. The number of nitrogens with zero attached hydrogens (tertiary/aromatic N) is 4. The van der Waals surface area contributed by atoms with Gasteiger partial charge in [-0.15, -0.1) is 0 Å². The molecule has 10 nitrogen and oxygen atoms in total. The van der Waals surface area contributed by atoms with Gasteiger partial charge in [-0.3, -0.25) is 4.99 Å². The molecular weight excluding hydrogens is 538 g/mol. The summed E-state index contributed by atoms with van der Waals surface area (Å²) in [6.07, 6.45) is 5.84. The summed E-state index contributed by atoms with van der Waals surface area (Å²) in [6, 6.07) is 4.19. The maximum absolute atomic E-state index is 12.7. The molecule has 1 saturated heterocycles. The van der Waals surface area contributed by atoms with E-state index in [1.54, 1.807) is 13.8 Å². The fraction of sp³-hybridized carbons (Fsp3) is 0.519. The summed E-state index contributed by atoms with van der Waals surface area (Å²) in [4.78, 5) is 15.1. The zero-order valence-corrected chi connectivity index (χ0v) is 25.2. The molecule has 2 aromatic rings. The van der Waals surface area contributed by atoms with Gasteiger partial charge in [0.15, 0.2) is 20.7 Å². The number of sulfone groups is 1. The average molecular weight is 578 g/mol. The van der Waals surface area contributed by atoms with E-state index in [4.69, 9.17) is 22.1 Å². The van der Waals surface area contributed by atoms with E-state index in [1.165, 1.54) is 30.6 Å². The zero-order chi connectivity index (χ0) is 28.7. The highest BCUT2D eigenvalue weighted by Gasteiger charge is 2.24. The number of nitrogens with two attached hydrogens (primary N) is 1. The first-order valence-electron chi connectivity index (χ1n) is 13.2. The molecule has 2 heterocycles. The van der Waals surface area contributed by atoms with Crippen molar-refractivity contribution in [2.45, 2.75) is 58.1 Å². The number of likely N-dealkylation sites (tertiary alicyclic amines) is 1. The summed E-state index contributed by atoms with van der Waals surface area (Å²) >= 11 is 6.37. The summed E-state index contributed by atoms with van der Waals surface area (Å²) in [5, 5.41) is 5.31. The number of ether oxygens (including phenoxy) is 1. The van der Waals surface area contributed by atoms with Crippen LogP contribution in [0.5, 0.6) is 5.75 Å². The predicted molar refractivity (Wildman–Crippen MR) is 160 cm³/mol. The van der Waals surface area contributed by atoms with Gasteiger partial charge in [0.05, 0.1) is 29.4 Å². The second-order valence-electron chi connectivity index (χ2n) is 10.0. The topological polar surface area (TPSA) is 135 Å². The molecule has 1 aromatic heterocycles. The van der Waals surface area contributed by atoms with Crippen LogP contribution >= 0.6 is 11.6 Å². The number of allylic oxidation sites excluding steroid dienone is 1. The van der Waals surface area contributed by atoms with Crippen molar-refractivity contribution >= 4 is 45.1 Å². The molecule has 214 valence electrons. The van der Waals surface area contributed by atoms with Crippen LogP contribution < -0.4 is 21.1 Å². The molecule has 0 aliphatic carbocycles. The molecule has 0 amide bonds. The smallest absolute Gasteiger partial charge is 0.229 e. The molecule has 3 rings (SSSR count). The second kappa shape index (κ2) is 13.5. The van der Waals surface area contributed by atoms with Gasteiger partial charge < -0.3 is 26.0 Å². The van der Waals surface area contributed by atoms with Gasteiger partial charge in [-0.1, -0.05) is 18.5 Å². The maximum Gasteiger partial charge on any atom is 0.229 e. The van der Waals surface area contributed by atoms with Crippen LogP contribution in [-0.2, 0) is 9.84 Å². The van der Waals surface area contributed by atoms with Crippen molar-refractivity contribution in [1.82, 2.24) is 14.9 Å². The lowest BCUT2D eigenvalue weighted by atomic mass is 9.86. The third-order valence-electron chi connectivity index (χ3n) is 6.68. The first-order chi connectivity index (χ1) is 18.5. The molecule has 1 aliphatic heterocycles. The summed E-state index contributed by atoms with van der Waals surface area (Å²) in [5.74, 6) is 1.66. The van der Waals surface area contributed by atoms with Crippen molar-refractivity contribution in [2.75, 3.05) is 44.4 Å². The van der Waals surface area contributed by atoms with E-state index in [0.717, 1.165) is 43.8 Å². The SMILES string of the molecule is CCCOc1cc(C2CCN(C)CC2)c(C)cc1Nc1ncc(Cl)c(NC(C=NC)=C(N)S(=O)(=O)C(C)C)n1. The van der Waals surface area contributed by atoms with Crippen molar-refractivity contribution in [1.29, 1.82) is 0 Å². The summed E-state index contributed by atoms with van der Waals surface area (Å²) in [7, 11) is -0.0694. The fourth-order valence-electron chi connectivity index (χ4n) is 4.35. The number of hydrogen-bond acceptors (Lipinski definition) is 10. The lowest BCUT2D eigenvalue weighted by Gasteiger charge is -2.30. The minimum Gasteiger partial charge on any atom is -0.491 e. The van der Waals surface area contributed by atoms with Gasteiger partial charge >= 0.3 is 0 Å². The van der Waals surface area contributed by atoms with Crippen LogP contribution in [0.3, 0.4) is 0 Å². The van der Waals surface area contributed by atoms with Crippen molar-refractivity contribution in [2.24, 2.45) is 10.7 Å². The number of nitrogens with one attached hydrogen (secondary N) is 2. The van der Waals surface area contributed by atoms with Crippen LogP contribution in [0, 0.1) is 6.92 Å². The van der Waals surface area contributed by atoms with E-state index in [2.05, 4.69) is 63.5 Å². The Morgan fingerprint density at radius 2 is 2.03 bits per heavy atom. The average Bonchev–Trinajstić information content (AvgIpc) is 2.89. The molecule has 12 heteroatoms. The van der Waals surface area contributed by atoms with E-state index >= 15 is 0 Å². The molecule has 0 spiro atoms. The highest BCUT2D eigenvalue weighted by Crippen LogP contribution is 2.37. The Morgan fingerprint density at radius 1 is 1.33 bits per heavy atom. The van der Waals surface area contributed by atoms with Gasteiger partial charge in [-0.25, -0.2) is 13.4 Å². The van der Waals surface area contributed by atoms with Crippen LogP contribution in [0.25, 0.3) is 0 Å². The van der Waals surface area contributed by atoms with Gasteiger partial charge in [0, 0.05) is 13.3 Å². The van der Waals surface area contributed by atoms with E-state index in [0.29, 0.717) is 12.5 Å². The number of rotatable bonds is 11. The maximum atomic E-state index is 12.7. The van der Waals surface area contributed by atoms with Crippen molar-refractivity contribution in [3.63, 3.8) is 0 Å². The largest absolute Gasteiger partial charge is 0.491 e. The minimum absolute atomic E-state index is 0.0723. The molecule has 0 saturated carbocycles. The van der Waals surface area contributed by atoms with Gasteiger partial charge in [0.1, 0.15) is 10.8 Å². The molecule has 1 aliphatic rings. The molecule has 4 N–H and O–H groups in total. The van der Waals surface area contributed by atoms with Crippen LogP contribution in [0.4, 0.5) is 17.5 Å². The van der Waals surface area contributed by atoms with Crippen LogP contribution in [0.2, 0.25) is 5.02 Å². The van der Waals surface area contributed by atoms with E-state index in [-0.39, 0.29) is 27.5 Å². The summed E-state index contributed by atoms with van der Waals surface area (Å²) in [6.45, 7) is 10.0. The quantitative estimate of drug-likeness (QED) is 0.320. The van der Waals surface area contributed by atoms with Crippen molar-refractivity contribution in [3.05, 3.63) is 45.2 Å². The molecule has 0 bridgehead atoms. The fourth-order valence-corrected chi connectivity index (χ4v) is 5.41. The lowest BCUT2D eigenvalue weighted by Crippen LogP contribution is -2.29. The number of aliphatic imine (C=N–C) groups is 1. The monoisotopic (exact) mass is 577 g/mol. The third-order valence-corrected chi connectivity index (χ3v) is 9.03. The minimum atomic E-state index is -3.74.